The highest BCUT2D eigenvalue weighted by molar-refractivity contribution is 7.99. The summed E-state index contributed by atoms with van der Waals surface area (Å²) in [5.41, 5.74) is 9.80. The summed E-state index contributed by atoms with van der Waals surface area (Å²) in [6, 6.07) is 5.61. The van der Waals surface area contributed by atoms with Gasteiger partial charge in [-0.1, -0.05) is 0 Å². The Morgan fingerprint density at radius 3 is 2.26 bits per heavy atom. The van der Waals surface area contributed by atoms with E-state index in [0.29, 0.717) is 5.69 Å². The standard InChI is InChI=1S/C14H17N3OS/c1-8-9(2)16-14(17-10(8)3)19-13-6-5-11(18-4)7-12(13)15/h5-7H,15H2,1-4H3. The molecule has 0 aliphatic carbocycles. The molecular formula is C14H17N3OS. The number of methoxy groups -OCH3 is 1. The molecule has 0 aliphatic rings. The lowest BCUT2D eigenvalue weighted by Gasteiger charge is -2.09. The average Bonchev–Trinajstić information content (AvgIpc) is 2.38. The highest BCUT2D eigenvalue weighted by Gasteiger charge is 2.09. The molecule has 19 heavy (non-hydrogen) atoms. The Kier molecular flexibility index (Phi) is 3.95. The lowest BCUT2D eigenvalue weighted by Crippen LogP contribution is -1.98. The van der Waals surface area contributed by atoms with E-state index in [4.69, 9.17) is 10.5 Å². The second-order valence-electron chi connectivity index (χ2n) is 4.31. The predicted molar refractivity (Wildman–Crippen MR) is 77.8 cm³/mol. The van der Waals surface area contributed by atoms with Crippen molar-refractivity contribution in [3.8, 4) is 5.75 Å². The van der Waals surface area contributed by atoms with Crippen LogP contribution in [0.15, 0.2) is 28.3 Å². The van der Waals surface area contributed by atoms with Gasteiger partial charge in [-0.25, -0.2) is 9.97 Å². The third-order valence-corrected chi connectivity index (χ3v) is 3.99. The van der Waals surface area contributed by atoms with E-state index in [0.717, 1.165) is 32.8 Å². The van der Waals surface area contributed by atoms with Gasteiger partial charge in [-0.15, -0.1) is 0 Å². The van der Waals surface area contributed by atoms with Crippen LogP contribution in [0.2, 0.25) is 0 Å². The zero-order valence-corrected chi connectivity index (χ0v) is 12.3. The van der Waals surface area contributed by atoms with Crippen molar-refractivity contribution in [3.05, 3.63) is 35.2 Å². The first-order valence-corrected chi connectivity index (χ1v) is 6.76. The maximum atomic E-state index is 5.99. The van der Waals surface area contributed by atoms with E-state index in [1.165, 1.54) is 11.8 Å². The lowest BCUT2D eigenvalue weighted by molar-refractivity contribution is 0.415. The van der Waals surface area contributed by atoms with Crippen LogP contribution in [0.1, 0.15) is 17.0 Å². The van der Waals surface area contributed by atoms with Gasteiger partial charge < -0.3 is 10.5 Å². The fourth-order valence-corrected chi connectivity index (χ4v) is 2.51. The van der Waals surface area contributed by atoms with Crippen molar-refractivity contribution < 1.29 is 4.74 Å². The lowest BCUT2D eigenvalue weighted by atomic mass is 10.2. The minimum atomic E-state index is 0.670. The molecule has 2 aromatic rings. The first-order valence-electron chi connectivity index (χ1n) is 5.94. The summed E-state index contributed by atoms with van der Waals surface area (Å²) in [4.78, 5) is 9.89. The third-order valence-electron chi connectivity index (χ3n) is 3.03. The zero-order chi connectivity index (χ0) is 14.0. The number of nitrogens with zero attached hydrogens (tertiary/aromatic N) is 2. The van der Waals surface area contributed by atoms with Crippen molar-refractivity contribution in [3.63, 3.8) is 0 Å². The van der Waals surface area contributed by atoms with Gasteiger partial charge in [0.25, 0.3) is 0 Å². The van der Waals surface area contributed by atoms with Gasteiger partial charge in [0.05, 0.1) is 7.11 Å². The number of nitrogen functional groups attached to an aromatic ring is 1. The van der Waals surface area contributed by atoms with Gasteiger partial charge in [0.2, 0.25) is 0 Å². The van der Waals surface area contributed by atoms with E-state index in [-0.39, 0.29) is 0 Å². The zero-order valence-electron chi connectivity index (χ0n) is 11.5. The Morgan fingerprint density at radius 2 is 1.74 bits per heavy atom. The summed E-state index contributed by atoms with van der Waals surface area (Å²) in [5.74, 6) is 0.749. The SMILES string of the molecule is COc1ccc(Sc2nc(C)c(C)c(C)n2)c(N)c1. The van der Waals surface area contributed by atoms with Crippen molar-refractivity contribution in [1.29, 1.82) is 0 Å². The molecule has 0 aliphatic heterocycles. The van der Waals surface area contributed by atoms with Gasteiger partial charge >= 0.3 is 0 Å². The molecule has 0 spiro atoms. The topological polar surface area (TPSA) is 61.0 Å². The molecule has 0 bridgehead atoms. The summed E-state index contributed by atoms with van der Waals surface area (Å²) in [7, 11) is 1.62. The molecule has 0 fully saturated rings. The average molecular weight is 275 g/mol. The first kappa shape index (κ1) is 13.7. The Hall–Kier alpha value is -1.75. The van der Waals surface area contributed by atoms with Gasteiger partial charge in [0, 0.05) is 28.0 Å². The van der Waals surface area contributed by atoms with Gasteiger partial charge in [-0.2, -0.15) is 0 Å². The van der Waals surface area contributed by atoms with Crippen molar-refractivity contribution in [2.75, 3.05) is 12.8 Å². The second kappa shape index (κ2) is 5.48. The summed E-state index contributed by atoms with van der Waals surface area (Å²) >= 11 is 1.47. The van der Waals surface area contributed by atoms with Crippen LogP contribution in [-0.4, -0.2) is 17.1 Å². The number of ether oxygens (including phenoxy) is 1. The number of rotatable bonds is 3. The Morgan fingerprint density at radius 1 is 1.11 bits per heavy atom. The normalized spacial score (nSPS) is 10.5. The molecule has 1 aromatic heterocycles. The Bertz CT molecular complexity index is 591. The maximum absolute atomic E-state index is 5.99. The van der Waals surface area contributed by atoms with E-state index in [1.807, 2.05) is 32.9 Å². The predicted octanol–water partition coefficient (Wildman–Crippen LogP) is 3.14. The second-order valence-corrected chi connectivity index (χ2v) is 5.32. The van der Waals surface area contributed by atoms with Crippen LogP contribution >= 0.6 is 11.8 Å². The van der Waals surface area contributed by atoms with Gasteiger partial charge in [0.1, 0.15) is 5.75 Å². The fraction of sp³-hybridized carbons (Fsp3) is 0.286. The van der Waals surface area contributed by atoms with Crippen LogP contribution in [-0.2, 0) is 0 Å². The van der Waals surface area contributed by atoms with Gasteiger partial charge in [-0.05, 0) is 50.2 Å². The van der Waals surface area contributed by atoms with Crippen molar-refractivity contribution in [1.82, 2.24) is 9.97 Å². The number of hydrogen-bond acceptors (Lipinski definition) is 5. The van der Waals surface area contributed by atoms with Gasteiger partial charge in [0.15, 0.2) is 5.16 Å². The molecule has 0 amide bonds. The Balaban J connectivity index is 2.31. The third kappa shape index (κ3) is 2.98. The van der Waals surface area contributed by atoms with Crippen molar-refractivity contribution in [2.24, 2.45) is 0 Å². The van der Waals surface area contributed by atoms with Crippen LogP contribution in [0.25, 0.3) is 0 Å². The summed E-state index contributed by atoms with van der Waals surface area (Å²) in [6.07, 6.45) is 0. The van der Waals surface area contributed by atoms with Crippen LogP contribution in [0, 0.1) is 20.8 Å². The van der Waals surface area contributed by atoms with Crippen LogP contribution < -0.4 is 10.5 Å². The van der Waals surface area contributed by atoms with E-state index in [9.17, 15) is 0 Å². The van der Waals surface area contributed by atoms with E-state index < -0.39 is 0 Å². The van der Waals surface area contributed by atoms with E-state index >= 15 is 0 Å². The highest BCUT2D eigenvalue weighted by Crippen LogP contribution is 2.32. The molecule has 0 atom stereocenters. The van der Waals surface area contributed by atoms with Gasteiger partial charge in [-0.3, -0.25) is 0 Å². The molecule has 1 heterocycles. The van der Waals surface area contributed by atoms with Crippen molar-refractivity contribution >= 4 is 17.4 Å². The summed E-state index contributed by atoms with van der Waals surface area (Å²) in [5, 5.41) is 0.720. The smallest absolute Gasteiger partial charge is 0.192 e. The molecule has 0 saturated heterocycles. The van der Waals surface area contributed by atoms with Crippen LogP contribution in [0.3, 0.4) is 0 Å². The molecule has 1 aromatic carbocycles. The molecule has 100 valence electrons. The van der Waals surface area contributed by atoms with E-state index in [2.05, 4.69) is 9.97 Å². The quantitative estimate of drug-likeness (QED) is 0.688. The fourth-order valence-electron chi connectivity index (χ4n) is 1.63. The highest BCUT2D eigenvalue weighted by atomic mass is 32.2. The molecule has 5 heteroatoms. The number of aromatic nitrogens is 2. The number of benzene rings is 1. The van der Waals surface area contributed by atoms with Crippen LogP contribution in [0.5, 0.6) is 5.75 Å². The molecule has 0 radical (unpaired) electrons. The maximum Gasteiger partial charge on any atom is 0.192 e. The van der Waals surface area contributed by atoms with E-state index in [1.54, 1.807) is 13.2 Å². The Labute approximate surface area is 117 Å². The minimum absolute atomic E-state index is 0.670. The summed E-state index contributed by atoms with van der Waals surface area (Å²) < 4.78 is 5.13. The molecular weight excluding hydrogens is 258 g/mol. The molecule has 0 saturated carbocycles. The first-order chi connectivity index (χ1) is 9.01. The molecule has 4 nitrogen and oxygen atoms in total. The number of aryl methyl sites for hydroxylation is 2. The number of anilines is 1. The number of nitrogens with two attached hydrogens (primary N) is 1. The van der Waals surface area contributed by atoms with Crippen molar-refractivity contribution in [2.45, 2.75) is 30.8 Å². The van der Waals surface area contributed by atoms with Crippen LogP contribution in [0.4, 0.5) is 5.69 Å². The number of hydrogen-bond donors (Lipinski definition) is 1. The largest absolute Gasteiger partial charge is 0.497 e. The monoisotopic (exact) mass is 275 g/mol. The molecule has 0 unspecified atom stereocenters. The molecule has 2 N–H and O–H groups in total. The molecule has 2 rings (SSSR count). The summed E-state index contributed by atoms with van der Waals surface area (Å²) in [6.45, 7) is 6.01. The minimum Gasteiger partial charge on any atom is -0.497 e.